The van der Waals surface area contributed by atoms with E-state index in [0.29, 0.717) is 5.92 Å². The van der Waals surface area contributed by atoms with Gasteiger partial charge in [-0.25, -0.2) is 0 Å². The normalized spacial score (nSPS) is 28.0. The molecule has 3 aliphatic heterocycles. The van der Waals surface area contributed by atoms with E-state index in [1.54, 1.807) is 30.3 Å². The van der Waals surface area contributed by atoms with Crippen LogP contribution in [0, 0.1) is 5.92 Å². The van der Waals surface area contributed by atoms with Gasteiger partial charge in [0.25, 0.3) is 5.91 Å². The fraction of sp³-hybridized carbons (Fsp3) is 0.464. The van der Waals surface area contributed by atoms with E-state index in [2.05, 4.69) is 48.4 Å². The Balaban J connectivity index is 1.71. The zero-order valence-electron chi connectivity index (χ0n) is 21.8. The van der Waals surface area contributed by atoms with Crippen LogP contribution in [0.25, 0.3) is 0 Å². The molecule has 3 atom stereocenters. The number of carbonyl (C=O) groups excluding carboxylic acids is 1. The molecule has 3 heterocycles. The van der Waals surface area contributed by atoms with Crippen LogP contribution < -0.4 is 0 Å². The average molecular weight is 526 g/mol. The van der Waals surface area contributed by atoms with Crippen LogP contribution in [-0.4, -0.2) is 82.5 Å². The first-order valence-corrected chi connectivity index (χ1v) is 13.6. The number of carbonyl (C=O) groups is 1. The standard InChI is InChI=1S/C28H35N3O5S/c1-18-8-7-9-19-16-37-22-11-6-5-10-21(22)24(23(18)19)31-17-29(20(14-35-3)15-36-4)27(33)25-26(32)28(2,34)12-13-30(25)31/h5-7,9-13,18,20,24,32,34H,8,14-17H2,1-4H3. The van der Waals surface area contributed by atoms with Crippen molar-refractivity contribution in [3.63, 3.8) is 0 Å². The molecule has 1 aliphatic carbocycles. The van der Waals surface area contributed by atoms with Crippen LogP contribution >= 0.6 is 11.8 Å². The Morgan fingerprint density at radius 1 is 1.22 bits per heavy atom. The molecule has 1 saturated heterocycles. The number of aliphatic hydroxyl groups excluding tert-OH is 1. The number of ether oxygens (including phenoxy) is 2. The van der Waals surface area contributed by atoms with Gasteiger partial charge >= 0.3 is 0 Å². The van der Waals surface area contributed by atoms with Gasteiger partial charge in [0.1, 0.15) is 5.60 Å². The summed E-state index contributed by atoms with van der Waals surface area (Å²) < 4.78 is 10.9. The summed E-state index contributed by atoms with van der Waals surface area (Å²) in [6.07, 6.45) is 8.65. The lowest BCUT2D eigenvalue weighted by molar-refractivity contribution is -0.159. The predicted molar refractivity (Wildman–Crippen MR) is 142 cm³/mol. The third-order valence-corrected chi connectivity index (χ3v) is 8.71. The van der Waals surface area contributed by atoms with Crippen molar-refractivity contribution in [3.8, 4) is 0 Å². The largest absolute Gasteiger partial charge is 0.507 e. The number of allylic oxidation sites excluding steroid dienone is 2. The Morgan fingerprint density at radius 2 is 1.95 bits per heavy atom. The van der Waals surface area contributed by atoms with Crippen LogP contribution in [0.2, 0.25) is 0 Å². The van der Waals surface area contributed by atoms with Gasteiger partial charge in [-0.2, -0.15) is 5.01 Å². The summed E-state index contributed by atoms with van der Waals surface area (Å²) in [5, 5.41) is 25.9. The van der Waals surface area contributed by atoms with Crippen LogP contribution in [0.1, 0.15) is 31.9 Å². The van der Waals surface area contributed by atoms with Crippen molar-refractivity contribution in [2.45, 2.75) is 42.8 Å². The maximum absolute atomic E-state index is 13.9. The minimum atomic E-state index is -1.66. The van der Waals surface area contributed by atoms with Crippen LogP contribution in [0.4, 0.5) is 0 Å². The second-order valence-electron chi connectivity index (χ2n) is 10.2. The monoisotopic (exact) mass is 525 g/mol. The highest BCUT2D eigenvalue weighted by molar-refractivity contribution is 7.99. The second kappa shape index (κ2) is 10.3. The zero-order chi connectivity index (χ0) is 26.3. The molecule has 0 spiro atoms. The molecular formula is C28H35N3O5S. The van der Waals surface area contributed by atoms with E-state index in [1.807, 2.05) is 11.8 Å². The minimum Gasteiger partial charge on any atom is -0.507 e. The lowest BCUT2D eigenvalue weighted by Crippen LogP contribution is -2.63. The van der Waals surface area contributed by atoms with Gasteiger partial charge in [-0.05, 0) is 48.1 Å². The topological polar surface area (TPSA) is 85.7 Å². The first-order valence-electron chi connectivity index (χ1n) is 12.6. The van der Waals surface area contributed by atoms with Gasteiger partial charge in [0.05, 0.1) is 32.0 Å². The lowest BCUT2D eigenvalue weighted by Gasteiger charge is -2.52. The Hall–Kier alpha value is -2.56. The SMILES string of the molecule is COCC(COC)N1CN(C2C3=C(C=CCC3C)CSc3ccccc32)N2C=CC(C)(O)C(O)=C2C1=O. The number of hydrogen-bond donors (Lipinski definition) is 2. The maximum Gasteiger partial charge on any atom is 0.277 e. The number of thioether (sulfide) groups is 1. The average Bonchev–Trinajstić information content (AvgIpc) is 3.04. The van der Waals surface area contributed by atoms with Crippen molar-refractivity contribution in [2.24, 2.45) is 5.92 Å². The van der Waals surface area contributed by atoms with E-state index in [9.17, 15) is 15.0 Å². The Labute approximate surface area is 222 Å². The molecule has 1 fully saturated rings. The molecular weight excluding hydrogens is 490 g/mol. The highest BCUT2D eigenvalue weighted by Gasteiger charge is 2.48. The van der Waals surface area contributed by atoms with E-state index in [4.69, 9.17) is 9.47 Å². The van der Waals surface area contributed by atoms with E-state index >= 15 is 0 Å². The molecule has 4 aliphatic rings. The van der Waals surface area contributed by atoms with Crippen molar-refractivity contribution >= 4 is 17.7 Å². The highest BCUT2D eigenvalue weighted by Crippen LogP contribution is 2.48. The number of hydrogen-bond acceptors (Lipinski definition) is 8. The smallest absolute Gasteiger partial charge is 0.277 e. The predicted octanol–water partition coefficient (Wildman–Crippen LogP) is 3.75. The van der Waals surface area contributed by atoms with Crippen LogP contribution in [0.15, 0.2) is 76.2 Å². The Bertz CT molecular complexity index is 1180. The van der Waals surface area contributed by atoms with Gasteiger partial charge in [-0.1, -0.05) is 37.3 Å². The van der Waals surface area contributed by atoms with Gasteiger partial charge in [-0.3, -0.25) is 9.80 Å². The van der Waals surface area contributed by atoms with Crippen molar-refractivity contribution < 1.29 is 24.5 Å². The number of hydrazine groups is 1. The van der Waals surface area contributed by atoms with E-state index in [1.165, 1.54) is 29.0 Å². The van der Waals surface area contributed by atoms with E-state index in [0.717, 1.165) is 17.7 Å². The third-order valence-electron chi connectivity index (χ3n) is 7.57. The fourth-order valence-corrected chi connectivity index (χ4v) is 6.76. The van der Waals surface area contributed by atoms with Gasteiger partial charge in [0, 0.05) is 31.1 Å². The van der Waals surface area contributed by atoms with Crippen molar-refractivity contribution in [1.29, 1.82) is 0 Å². The van der Waals surface area contributed by atoms with Gasteiger partial charge in [0.15, 0.2) is 11.5 Å². The summed E-state index contributed by atoms with van der Waals surface area (Å²) >= 11 is 1.82. The minimum absolute atomic E-state index is 0.0477. The summed E-state index contributed by atoms with van der Waals surface area (Å²) in [5.41, 5.74) is 2.16. The Morgan fingerprint density at radius 3 is 2.68 bits per heavy atom. The number of aliphatic hydroxyl groups is 2. The molecule has 0 radical (unpaired) electrons. The van der Waals surface area contributed by atoms with Crippen molar-refractivity contribution in [2.75, 3.05) is 39.9 Å². The zero-order valence-corrected chi connectivity index (χ0v) is 22.6. The van der Waals surface area contributed by atoms with Crippen LogP contribution in [0.3, 0.4) is 0 Å². The number of fused-ring (bicyclic) bond motifs is 2. The number of benzene rings is 1. The lowest BCUT2D eigenvalue weighted by atomic mass is 9.81. The molecule has 37 heavy (non-hydrogen) atoms. The van der Waals surface area contributed by atoms with Crippen molar-refractivity contribution in [1.82, 2.24) is 14.9 Å². The molecule has 2 N–H and O–H groups in total. The molecule has 9 heteroatoms. The third kappa shape index (κ3) is 4.53. The van der Waals surface area contributed by atoms with E-state index in [-0.39, 0.29) is 49.3 Å². The molecule has 3 unspecified atom stereocenters. The quantitative estimate of drug-likeness (QED) is 0.581. The maximum atomic E-state index is 13.9. The molecule has 1 aromatic carbocycles. The summed E-state index contributed by atoms with van der Waals surface area (Å²) in [6, 6.07) is 7.85. The van der Waals surface area contributed by atoms with E-state index < -0.39 is 5.60 Å². The number of amides is 1. The molecule has 5 rings (SSSR count). The second-order valence-corrected chi connectivity index (χ2v) is 11.2. The first-order chi connectivity index (χ1) is 17.8. The summed E-state index contributed by atoms with van der Waals surface area (Å²) in [5.74, 6) is 0.425. The molecule has 8 nitrogen and oxygen atoms in total. The molecule has 0 saturated carbocycles. The van der Waals surface area contributed by atoms with Crippen molar-refractivity contribution in [3.05, 3.63) is 76.9 Å². The molecule has 1 amide bonds. The number of rotatable bonds is 6. The van der Waals surface area contributed by atoms with Crippen LogP contribution in [0.5, 0.6) is 0 Å². The summed E-state index contributed by atoms with van der Waals surface area (Å²) in [4.78, 5) is 16.8. The summed E-state index contributed by atoms with van der Waals surface area (Å²) in [6.45, 7) is 4.54. The highest BCUT2D eigenvalue weighted by atomic mass is 32.2. The molecule has 0 aromatic heterocycles. The van der Waals surface area contributed by atoms with Gasteiger partial charge in [-0.15, -0.1) is 11.8 Å². The molecule has 198 valence electrons. The van der Waals surface area contributed by atoms with Crippen LogP contribution in [-0.2, 0) is 14.3 Å². The van der Waals surface area contributed by atoms with Gasteiger partial charge in [0.2, 0.25) is 0 Å². The van der Waals surface area contributed by atoms with Gasteiger partial charge < -0.3 is 24.6 Å². The number of nitrogens with zero attached hydrogens (tertiary/aromatic N) is 3. The first kappa shape index (κ1) is 26.1. The number of methoxy groups -OCH3 is 2. The molecule has 0 bridgehead atoms. The summed E-state index contributed by atoms with van der Waals surface area (Å²) in [7, 11) is 3.19. The Kier molecular flexibility index (Phi) is 7.26. The molecule has 1 aromatic rings. The fourth-order valence-electron chi connectivity index (χ4n) is 5.67.